The lowest BCUT2D eigenvalue weighted by molar-refractivity contribution is 0.802. The summed E-state index contributed by atoms with van der Waals surface area (Å²) in [6, 6.07) is 63.9. The molecule has 0 aromatic heterocycles. The first-order chi connectivity index (χ1) is 26.1. The molecular formula is C52H37N. The Labute approximate surface area is 310 Å². The van der Waals surface area contributed by atoms with Crippen LogP contribution in [0.5, 0.6) is 0 Å². The lowest BCUT2D eigenvalue weighted by Gasteiger charge is -2.34. The fourth-order valence-corrected chi connectivity index (χ4v) is 9.97. The summed E-state index contributed by atoms with van der Waals surface area (Å²) < 4.78 is 0. The average Bonchev–Trinajstić information content (AvgIpc) is 3.68. The van der Waals surface area contributed by atoms with Gasteiger partial charge >= 0.3 is 0 Å². The Hall–Kier alpha value is -6.44. The van der Waals surface area contributed by atoms with Gasteiger partial charge in [0.05, 0.1) is 11.1 Å². The van der Waals surface area contributed by atoms with E-state index in [1.165, 1.54) is 105 Å². The zero-order valence-electron chi connectivity index (χ0n) is 30.1. The molecule has 1 heteroatoms. The predicted molar refractivity (Wildman–Crippen MR) is 224 cm³/mol. The Bertz CT molecular complexity index is 2920. The fraction of sp³-hybridized carbons (Fsp3) is 0.0769. The minimum absolute atomic E-state index is 0.526. The number of hydrogen-bond donors (Lipinski definition) is 0. The van der Waals surface area contributed by atoms with Crippen LogP contribution in [0, 0.1) is 20.8 Å². The van der Waals surface area contributed by atoms with Gasteiger partial charge in [-0.25, -0.2) is 0 Å². The van der Waals surface area contributed by atoms with E-state index in [2.05, 4.69) is 196 Å². The first kappa shape index (κ1) is 30.2. The molecule has 0 saturated carbocycles. The van der Waals surface area contributed by atoms with Crippen LogP contribution >= 0.6 is 0 Å². The number of para-hydroxylation sites is 1. The molecule has 2 aliphatic rings. The Morgan fingerprint density at radius 3 is 1.47 bits per heavy atom. The van der Waals surface area contributed by atoms with Gasteiger partial charge in [0.2, 0.25) is 0 Å². The van der Waals surface area contributed by atoms with Crippen LogP contribution in [0.4, 0.5) is 17.1 Å². The number of fused-ring (bicyclic) bond motifs is 17. The van der Waals surface area contributed by atoms with Crippen molar-refractivity contribution >= 4 is 49.4 Å². The molecule has 0 amide bonds. The van der Waals surface area contributed by atoms with Gasteiger partial charge in [0.15, 0.2) is 0 Å². The summed E-state index contributed by atoms with van der Waals surface area (Å²) in [5.74, 6) is 0. The van der Waals surface area contributed by atoms with Crippen molar-refractivity contribution < 1.29 is 0 Å². The van der Waals surface area contributed by atoms with Crippen molar-refractivity contribution in [2.24, 2.45) is 0 Å². The van der Waals surface area contributed by atoms with Crippen LogP contribution in [0.3, 0.4) is 0 Å². The highest BCUT2D eigenvalue weighted by atomic mass is 15.1. The third kappa shape index (κ3) is 3.92. The lowest BCUT2D eigenvalue weighted by atomic mass is 9.69. The summed E-state index contributed by atoms with van der Waals surface area (Å²) >= 11 is 0. The van der Waals surface area contributed by atoms with Crippen molar-refractivity contribution in [1.29, 1.82) is 0 Å². The molecule has 9 aromatic rings. The van der Waals surface area contributed by atoms with Crippen LogP contribution in [0.2, 0.25) is 0 Å². The first-order valence-electron chi connectivity index (χ1n) is 18.7. The number of anilines is 3. The van der Waals surface area contributed by atoms with Crippen molar-refractivity contribution in [3.8, 4) is 22.3 Å². The van der Waals surface area contributed by atoms with Gasteiger partial charge in [-0.3, -0.25) is 0 Å². The van der Waals surface area contributed by atoms with E-state index in [4.69, 9.17) is 0 Å². The molecule has 0 radical (unpaired) electrons. The molecule has 250 valence electrons. The highest BCUT2D eigenvalue weighted by Gasteiger charge is 2.53. The minimum Gasteiger partial charge on any atom is -0.310 e. The van der Waals surface area contributed by atoms with E-state index in [0.29, 0.717) is 0 Å². The number of nitrogens with zero attached hydrogens (tertiary/aromatic N) is 1. The summed E-state index contributed by atoms with van der Waals surface area (Å²) in [6.07, 6.45) is 0. The zero-order chi connectivity index (χ0) is 35.4. The topological polar surface area (TPSA) is 3.24 Å². The van der Waals surface area contributed by atoms with E-state index in [-0.39, 0.29) is 0 Å². The Morgan fingerprint density at radius 1 is 0.377 bits per heavy atom. The second-order valence-electron chi connectivity index (χ2n) is 14.9. The molecule has 0 atom stereocenters. The lowest BCUT2D eigenvalue weighted by Crippen LogP contribution is -2.26. The summed E-state index contributed by atoms with van der Waals surface area (Å²) in [6.45, 7) is 6.71. The molecule has 0 fully saturated rings. The molecule has 11 rings (SSSR count). The third-order valence-corrected chi connectivity index (χ3v) is 12.4. The van der Waals surface area contributed by atoms with E-state index < -0.39 is 5.41 Å². The monoisotopic (exact) mass is 675 g/mol. The zero-order valence-corrected chi connectivity index (χ0v) is 30.1. The van der Waals surface area contributed by atoms with Gasteiger partial charge in [0.25, 0.3) is 0 Å². The van der Waals surface area contributed by atoms with Crippen molar-refractivity contribution in [2.45, 2.75) is 26.2 Å². The number of benzene rings is 9. The highest BCUT2D eigenvalue weighted by molar-refractivity contribution is 6.24. The maximum absolute atomic E-state index is 2.57. The Kier molecular flexibility index (Phi) is 6.29. The smallest absolute Gasteiger partial charge is 0.0732 e. The SMILES string of the molecule is Cc1cc(N(c2ccccc2)c2cc3c(c4ccccc24)-c2c(c4ccccc4c4ccccc24)C32c3ccccc3-c3ccccc32)cc(C)c1C. The molecule has 9 aromatic carbocycles. The number of hydrogen-bond acceptors (Lipinski definition) is 1. The maximum atomic E-state index is 2.57. The second-order valence-corrected chi connectivity index (χ2v) is 14.9. The van der Waals surface area contributed by atoms with Gasteiger partial charge in [-0.2, -0.15) is 0 Å². The number of aryl methyl sites for hydroxylation is 2. The molecule has 0 saturated heterocycles. The average molecular weight is 676 g/mol. The minimum atomic E-state index is -0.526. The van der Waals surface area contributed by atoms with Crippen LogP contribution in [0.1, 0.15) is 38.9 Å². The predicted octanol–water partition coefficient (Wildman–Crippen LogP) is 13.9. The molecule has 0 bridgehead atoms. The number of rotatable bonds is 3. The maximum Gasteiger partial charge on any atom is 0.0732 e. The molecule has 0 heterocycles. The van der Waals surface area contributed by atoms with Gasteiger partial charge in [-0.15, -0.1) is 0 Å². The van der Waals surface area contributed by atoms with Crippen LogP contribution < -0.4 is 4.90 Å². The second kappa shape index (κ2) is 11.0. The van der Waals surface area contributed by atoms with Crippen LogP contribution in [0.15, 0.2) is 170 Å². The molecular weight excluding hydrogens is 639 g/mol. The van der Waals surface area contributed by atoms with Gasteiger partial charge < -0.3 is 4.90 Å². The standard InChI is InChI=1S/C52H37N/c1-32-29-36(30-33(2)34(32)3)53(35-17-5-4-6-18-35)48-31-47-49(43-25-11-9-23-41(43)48)50-42-24-10-7-19-37(42)38-20-8-12-26-44(38)51(50)52(47)45-27-15-13-21-39(45)40-22-14-16-28-46(40)52/h4-31H,1-3H3. The molecule has 1 nitrogen and oxygen atoms in total. The molecule has 0 N–H and O–H groups in total. The molecule has 0 unspecified atom stereocenters. The summed E-state index contributed by atoms with van der Waals surface area (Å²) in [7, 11) is 0. The van der Waals surface area contributed by atoms with Crippen molar-refractivity contribution in [3.05, 3.63) is 209 Å². The largest absolute Gasteiger partial charge is 0.310 e. The molecule has 1 spiro atoms. The van der Waals surface area contributed by atoms with Crippen molar-refractivity contribution in [1.82, 2.24) is 0 Å². The van der Waals surface area contributed by atoms with Crippen molar-refractivity contribution in [3.63, 3.8) is 0 Å². The summed E-state index contributed by atoms with van der Waals surface area (Å²) in [5.41, 5.74) is 17.7. The van der Waals surface area contributed by atoms with Gasteiger partial charge in [0.1, 0.15) is 0 Å². The van der Waals surface area contributed by atoms with Gasteiger partial charge in [-0.1, -0.05) is 140 Å². The molecule has 0 aliphatic heterocycles. The highest BCUT2D eigenvalue weighted by Crippen LogP contribution is 2.67. The van der Waals surface area contributed by atoms with Crippen LogP contribution in [-0.2, 0) is 5.41 Å². The third-order valence-electron chi connectivity index (χ3n) is 12.4. The fourth-order valence-electron chi connectivity index (χ4n) is 9.97. The quantitative estimate of drug-likeness (QED) is 0.169. The van der Waals surface area contributed by atoms with E-state index in [1.807, 2.05) is 0 Å². The Morgan fingerprint density at radius 2 is 0.849 bits per heavy atom. The van der Waals surface area contributed by atoms with Crippen LogP contribution in [-0.4, -0.2) is 0 Å². The molecule has 53 heavy (non-hydrogen) atoms. The summed E-state index contributed by atoms with van der Waals surface area (Å²) in [5, 5.41) is 7.75. The summed E-state index contributed by atoms with van der Waals surface area (Å²) in [4.78, 5) is 2.50. The van der Waals surface area contributed by atoms with E-state index in [0.717, 1.165) is 5.69 Å². The van der Waals surface area contributed by atoms with Crippen LogP contribution in [0.25, 0.3) is 54.6 Å². The normalized spacial score (nSPS) is 13.3. The van der Waals surface area contributed by atoms with Gasteiger partial charge in [0, 0.05) is 16.8 Å². The molecule has 2 aliphatic carbocycles. The van der Waals surface area contributed by atoms with E-state index >= 15 is 0 Å². The van der Waals surface area contributed by atoms with Crippen molar-refractivity contribution in [2.75, 3.05) is 4.90 Å². The van der Waals surface area contributed by atoms with E-state index in [1.54, 1.807) is 0 Å². The Balaban J connectivity index is 1.39. The van der Waals surface area contributed by atoms with Gasteiger partial charge in [-0.05, 0) is 139 Å². The van der Waals surface area contributed by atoms with E-state index in [9.17, 15) is 0 Å². The first-order valence-corrected chi connectivity index (χ1v) is 18.7.